The summed E-state index contributed by atoms with van der Waals surface area (Å²) in [4.78, 5) is 28.6. The minimum absolute atomic E-state index is 0.0984. The van der Waals surface area contributed by atoms with E-state index in [2.05, 4.69) is 22.1 Å². The molecule has 1 fully saturated rings. The molecule has 11 heteroatoms. The van der Waals surface area contributed by atoms with Crippen LogP contribution in [0.3, 0.4) is 0 Å². The van der Waals surface area contributed by atoms with E-state index >= 15 is 0 Å². The minimum atomic E-state index is -4.25. The molecule has 1 saturated heterocycles. The molecule has 2 amide bonds. The number of benzene rings is 2. The maximum atomic E-state index is 13.6. The van der Waals surface area contributed by atoms with Gasteiger partial charge in [-0.2, -0.15) is 0 Å². The molecular formula is C25H18Cl2N2O5S2. The summed E-state index contributed by atoms with van der Waals surface area (Å²) in [6.45, 7) is 0. The summed E-state index contributed by atoms with van der Waals surface area (Å²) in [5, 5.41) is 2.34. The number of unbranched alkanes of at least 4 members (excludes halogenated alkanes) is 1. The highest BCUT2D eigenvalue weighted by molar-refractivity contribution is 8.25. The van der Waals surface area contributed by atoms with Crippen LogP contribution in [0.1, 0.15) is 24.8 Å². The van der Waals surface area contributed by atoms with Crippen molar-refractivity contribution < 1.29 is 22.7 Å². The Hall–Kier alpha value is -3.03. The summed E-state index contributed by atoms with van der Waals surface area (Å²) in [6, 6.07) is 13.9. The third-order valence-corrected chi connectivity index (χ3v) is 9.86. The Labute approximate surface area is 222 Å². The molecule has 3 aromatic rings. The standard InChI is InChI=1S/C25H18Cl2N2O5S2/c26-18-5-10-22(27)17(16-18)4-2-1-3-13-25(23(30)29-24(31)35-25)36(32,33)21-8-6-19(7-9-21)34-20-11-14-28-15-12-20/h5-12,14-16H,1,3,13H2,(H,29,30,31). The highest BCUT2D eigenvalue weighted by atomic mass is 35.5. The average molecular weight is 561 g/mol. The van der Waals surface area contributed by atoms with Crippen molar-refractivity contribution in [3.63, 3.8) is 0 Å². The lowest BCUT2D eigenvalue weighted by Crippen LogP contribution is -2.43. The SMILES string of the molecule is O=C1NC(=O)C(CCCC#Cc2cc(Cl)ccc2Cl)(S(=O)(=O)c2ccc(Oc3ccncc3)cc2)S1. The van der Waals surface area contributed by atoms with Gasteiger partial charge in [-0.1, -0.05) is 35.0 Å². The quantitative estimate of drug-likeness (QED) is 0.285. The van der Waals surface area contributed by atoms with Crippen LogP contribution in [-0.2, 0) is 14.6 Å². The summed E-state index contributed by atoms with van der Waals surface area (Å²) in [5.74, 6) is 5.91. The second-order valence-electron chi connectivity index (χ2n) is 7.64. The topological polar surface area (TPSA) is 102 Å². The Morgan fingerprint density at radius 2 is 1.69 bits per heavy atom. The van der Waals surface area contributed by atoms with E-state index in [9.17, 15) is 18.0 Å². The van der Waals surface area contributed by atoms with Gasteiger partial charge in [0, 0.05) is 29.4 Å². The molecule has 0 aliphatic carbocycles. The van der Waals surface area contributed by atoms with Crippen molar-refractivity contribution >= 4 is 55.9 Å². The lowest BCUT2D eigenvalue weighted by atomic mass is 10.1. The van der Waals surface area contributed by atoms with Gasteiger partial charge in [-0.3, -0.25) is 19.9 Å². The predicted molar refractivity (Wildman–Crippen MR) is 139 cm³/mol. The van der Waals surface area contributed by atoms with Crippen molar-refractivity contribution in [2.75, 3.05) is 0 Å². The van der Waals surface area contributed by atoms with Gasteiger partial charge in [0.2, 0.25) is 13.9 Å². The van der Waals surface area contributed by atoms with Crippen LogP contribution in [0.2, 0.25) is 10.0 Å². The van der Waals surface area contributed by atoms with Gasteiger partial charge in [0.05, 0.1) is 9.92 Å². The summed E-state index contributed by atoms with van der Waals surface area (Å²) in [5.41, 5.74) is 0.545. The second-order valence-corrected chi connectivity index (χ2v) is 12.2. The molecule has 1 N–H and O–H groups in total. The van der Waals surface area contributed by atoms with Crippen LogP contribution in [0.15, 0.2) is 71.9 Å². The van der Waals surface area contributed by atoms with E-state index in [1.807, 2.05) is 0 Å². The van der Waals surface area contributed by atoms with Crippen LogP contribution in [0.5, 0.6) is 11.5 Å². The third kappa shape index (κ3) is 5.52. The molecule has 1 aliphatic heterocycles. The Kier molecular flexibility index (Phi) is 7.91. The number of nitrogens with one attached hydrogen (secondary N) is 1. The number of thioether (sulfide) groups is 1. The molecule has 0 saturated carbocycles. The first-order chi connectivity index (χ1) is 17.2. The Morgan fingerprint density at radius 3 is 2.36 bits per heavy atom. The fourth-order valence-corrected chi connectivity index (χ4v) is 7.17. The van der Waals surface area contributed by atoms with Crippen LogP contribution < -0.4 is 10.1 Å². The first-order valence-corrected chi connectivity index (χ1v) is 13.7. The highest BCUT2D eigenvalue weighted by Crippen LogP contribution is 2.44. The fourth-order valence-electron chi connectivity index (χ4n) is 3.47. The molecule has 0 spiro atoms. The molecule has 0 radical (unpaired) electrons. The van der Waals surface area contributed by atoms with Gasteiger partial charge >= 0.3 is 0 Å². The number of aromatic nitrogens is 1. The number of rotatable bonds is 7. The van der Waals surface area contributed by atoms with Crippen LogP contribution in [0.4, 0.5) is 4.79 Å². The first kappa shape index (κ1) is 26.0. The lowest BCUT2D eigenvalue weighted by molar-refractivity contribution is -0.120. The maximum Gasteiger partial charge on any atom is 0.287 e. The smallest absolute Gasteiger partial charge is 0.287 e. The van der Waals surface area contributed by atoms with Gasteiger partial charge in [0.25, 0.3) is 11.1 Å². The maximum absolute atomic E-state index is 13.6. The predicted octanol–water partition coefficient (Wildman–Crippen LogP) is 5.86. The van der Waals surface area contributed by atoms with Crippen molar-refractivity contribution in [2.45, 2.75) is 28.2 Å². The fraction of sp³-hybridized carbons (Fsp3) is 0.160. The number of ether oxygens (including phenoxy) is 1. The molecule has 1 aromatic heterocycles. The van der Waals surface area contributed by atoms with Crippen LogP contribution in [-0.4, -0.2) is 28.6 Å². The van der Waals surface area contributed by atoms with Crippen LogP contribution in [0, 0.1) is 11.8 Å². The molecule has 4 rings (SSSR count). The summed E-state index contributed by atoms with van der Waals surface area (Å²) in [6.07, 6.45) is 3.56. The Balaban J connectivity index is 1.52. The van der Waals surface area contributed by atoms with Crippen LogP contribution in [0.25, 0.3) is 0 Å². The normalized spacial score (nSPS) is 17.3. The number of hydrogen-bond donors (Lipinski definition) is 1. The van der Waals surface area contributed by atoms with E-state index in [0.29, 0.717) is 38.9 Å². The minimum Gasteiger partial charge on any atom is -0.457 e. The van der Waals surface area contributed by atoms with Crippen LogP contribution >= 0.6 is 35.0 Å². The first-order valence-electron chi connectivity index (χ1n) is 10.6. The number of amides is 2. The van der Waals surface area contributed by atoms with E-state index < -0.39 is 25.1 Å². The number of halogens is 2. The number of hydrogen-bond acceptors (Lipinski definition) is 7. The molecule has 1 aliphatic rings. The summed E-state index contributed by atoms with van der Waals surface area (Å²) in [7, 11) is -4.25. The number of carbonyl (C=O) groups excluding carboxylic acids is 2. The van der Waals surface area contributed by atoms with Crippen molar-refractivity contribution in [3.05, 3.63) is 82.6 Å². The van der Waals surface area contributed by atoms with Crippen molar-refractivity contribution in [2.24, 2.45) is 0 Å². The van der Waals surface area contributed by atoms with Gasteiger partial charge < -0.3 is 4.74 Å². The van der Waals surface area contributed by atoms with Crippen molar-refractivity contribution in [1.82, 2.24) is 10.3 Å². The number of pyridine rings is 1. The van der Waals surface area contributed by atoms with Gasteiger partial charge in [-0.05, 0) is 79.2 Å². The average Bonchev–Trinajstić information content (AvgIpc) is 3.16. The third-order valence-electron chi connectivity index (χ3n) is 5.23. The van der Waals surface area contributed by atoms with E-state index in [1.54, 1.807) is 42.7 Å². The van der Waals surface area contributed by atoms with E-state index in [-0.39, 0.29) is 24.2 Å². The van der Waals surface area contributed by atoms with Gasteiger partial charge in [0.15, 0.2) is 0 Å². The van der Waals surface area contributed by atoms with Gasteiger partial charge in [0.1, 0.15) is 11.5 Å². The van der Waals surface area contributed by atoms with E-state index in [4.69, 9.17) is 27.9 Å². The number of sulfone groups is 1. The lowest BCUT2D eigenvalue weighted by Gasteiger charge is -2.24. The number of carbonyl (C=O) groups is 2. The Bertz CT molecular complexity index is 1470. The molecular weight excluding hydrogens is 543 g/mol. The molecule has 7 nitrogen and oxygen atoms in total. The molecule has 1 atom stereocenters. The molecule has 1 unspecified atom stereocenters. The summed E-state index contributed by atoms with van der Waals surface area (Å²) < 4.78 is 30.9. The largest absolute Gasteiger partial charge is 0.457 e. The van der Waals surface area contributed by atoms with E-state index in [0.717, 1.165) is 0 Å². The zero-order valence-corrected chi connectivity index (χ0v) is 21.7. The zero-order valence-electron chi connectivity index (χ0n) is 18.5. The molecule has 2 aromatic carbocycles. The summed E-state index contributed by atoms with van der Waals surface area (Å²) >= 11 is 12.6. The Morgan fingerprint density at radius 1 is 1.00 bits per heavy atom. The number of nitrogens with zero attached hydrogens (tertiary/aromatic N) is 1. The zero-order chi connectivity index (χ0) is 25.8. The second kappa shape index (κ2) is 10.9. The van der Waals surface area contributed by atoms with Gasteiger partial charge in [-0.15, -0.1) is 0 Å². The number of imide groups is 1. The van der Waals surface area contributed by atoms with Gasteiger partial charge in [-0.25, -0.2) is 8.42 Å². The monoisotopic (exact) mass is 560 g/mol. The van der Waals surface area contributed by atoms with Crippen molar-refractivity contribution in [1.29, 1.82) is 0 Å². The molecule has 36 heavy (non-hydrogen) atoms. The molecule has 184 valence electrons. The van der Waals surface area contributed by atoms with Crippen molar-refractivity contribution in [3.8, 4) is 23.3 Å². The molecule has 0 bridgehead atoms. The van der Waals surface area contributed by atoms with E-state index in [1.165, 1.54) is 24.3 Å². The molecule has 2 heterocycles. The highest BCUT2D eigenvalue weighted by Gasteiger charge is 2.57.